The lowest BCUT2D eigenvalue weighted by Gasteiger charge is -2.32. The summed E-state index contributed by atoms with van der Waals surface area (Å²) < 4.78 is 0. The van der Waals surface area contributed by atoms with Gasteiger partial charge in [-0.05, 0) is 55.7 Å². The van der Waals surface area contributed by atoms with E-state index in [1.165, 1.54) is 18.6 Å². The van der Waals surface area contributed by atoms with E-state index in [-0.39, 0.29) is 17.3 Å². The summed E-state index contributed by atoms with van der Waals surface area (Å²) in [7, 11) is 0. The largest absolute Gasteiger partial charge is 0.508 e. The molecule has 0 spiro atoms. The van der Waals surface area contributed by atoms with Gasteiger partial charge in [0, 0.05) is 29.9 Å². The van der Waals surface area contributed by atoms with Crippen LogP contribution in [0, 0.1) is 0 Å². The van der Waals surface area contributed by atoms with Gasteiger partial charge in [-0.2, -0.15) is 5.11 Å². The second-order valence-electron chi connectivity index (χ2n) is 7.82. The van der Waals surface area contributed by atoms with Crippen LogP contribution in [0.1, 0.15) is 51.1 Å². The molecule has 0 amide bonds. The molecule has 1 saturated heterocycles. The summed E-state index contributed by atoms with van der Waals surface area (Å²) in [4.78, 5) is 29.2. The van der Waals surface area contributed by atoms with Crippen LogP contribution in [0.15, 0.2) is 70.9 Å². The first-order valence-corrected chi connectivity index (χ1v) is 10.4. The van der Waals surface area contributed by atoms with Crippen molar-refractivity contribution in [2.75, 3.05) is 18.0 Å². The standard InChI is InChI=1S/C25H21N3O3/c29-17-10-8-16(9-11-17)26-27-20-12-13-21(28-14-4-1-5-15-28)23-22(20)24(30)18-6-2-3-7-19(18)25(23)31/h2-3,6-13,29H,1,4-5,14-15H2. The van der Waals surface area contributed by atoms with Crippen LogP contribution in [0.25, 0.3) is 0 Å². The van der Waals surface area contributed by atoms with Crippen LogP contribution in [0.3, 0.4) is 0 Å². The summed E-state index contributed by atoms with van der Waals surface area (Å²) in [5.41, 5.74) is 3.29. The number of piperidine rings is 1. The van der Waals surface area contributed by atoms with Crippen molar-refractivity contribution >= 4 is 28.6 Å². The Morgan fingerprint density at radius 1 is 0.710 bits per heavy atom. The first-order valence-electron chi connectivity index (χ1n) is 10.4. The van der Waals surface area contributed by atoms with Crippen LogP contribution in [0.4, 0.5) is 17.1 Å². The Balaban J connectivity index is 1.66. The van der Waals surface area contributed by atoms with E-state index in [0.29, 0.717) is 33.6 Å². The van der Waals surface area contributed by atoms with Gasteiger partial charge in [0.05, 0.1) is 22.5 Å². The molecule has 6 heteroatoms. The molecule has 3 aromatic carbocycles. The number of phenols is 1. The Hall–Kier alpha value is -3.80. The number of hydrogen-bond donors (Lipinski definition) is 1. The third kappa shape index (κ3) is 3.40. The summed E-state index contributed by atoms with van der Waals surface area (Å²) in [6, 6.07) is 16.9. The zero-order valence-corrected chi connectivity index (χ0v) is 16.9. The summed E-state index contributed by atoms with van der Waals surface area (Å²) in [6.07, 6.45) is 3.30. The number of anilines is 1. The van der Waals surface area contributed by atoms with Crippen molar-refractivity contribution in [3.8, 4) is 5.75 Å². The van der Waals surface area contributed by atoms with Crippen LogP contribution in [0.2, 0.25) is 0 Å². The molecule has 154 valence electrons. The zero-order chi connectivity index (χ0) is 21.4. The van der Waals surface area contributed by atoms with Gasteiger partial charge < -0.3 is 10.0 Å². The summed E-state index contributed by atoms with van der Waals surface area (Å²) in [5, 5.41) is 18.0. The fourth-order valence-corrected chi connectivity index (χ4v) is 4.30. The molecule has 0 unspecified atom stereocenters. The van der Waals surface area contributed by atoms with Gasteiger partial charge in [0.15, 0.2) is 11.6 Å². The van der Waals surface area contributed by atoms with E-state index in [4.69, 9.17) is 0 Å². The van der Waals surface area contributed by atoms with E-state index >= 15 is 0 Å². The minimum Gasteiger partial charge on any atom is -0.508 e. The number of hydrogen-bond acceptors (Lipinski definition) is 6. The first kappa shape index (κ1) is 19.2. The van der Waals surface area contributed by atoms with Gasteiger partial charge in [-0.1, -0.05) is 24.3 Å². The highest BCUT2D eigenvalue weighted by atomic mass is 16.3. The third-order valence-electron chi connectivity index (χ3n) is 5.85. The highest BCUT2D eigenvalue weighted by Crippen LogP contribution is 2.40. The molecular weight excluding hydrogens is 390 g/mol. The number of benzene rings is 3. The van der Waals surface area contributed by atoms with Gasteiger partial charge in [0.1, 0.15) is 5.75 Å². The predicted molar refractivity (Wildman–Crippen MR) is 118 cm³/mol. The van der Waals surface area contributed by atoms with Crippen molar-refractivity contribution in [2.45, 2.75) is 19.3 Å². The maximum atomic E-state index is 13.5. The number of rotatable bonds is 3. The molecule has 1 fully saturated rings. The minimum absolute atomic E-state index is 0.139. The molecule has 0 atom stereocenters. The van der Waals surface area contributed by atoms with E-state index in [0.717, 1.165) is 31.6 Å². The molecule has 6 nitrogen and oxygen atoms in total. The number of fused-ring (bicyclic) bond motifs is 2. The molecule has 1 heterocycles. The lowest BCUT2D eigenvalue weighted by atomic mass is 9.82. The number of phenolic OH excluding ortho intramolecular Hbond substituents is 1. The summed E-state index contributed by atoms with van der Waals surface area (Å²) >= 11 is 0. The van der Waals surface area contributed by atoms with E-state index in [9.17, 15) is 14.7 Å². The van der Waals surface area contributed by atoms with Gasteiger partial charge in [-0.3, -0.25) is 9.59 Å². The van der Waals surface area contributed by atoms with Crippen molar-refractivity contribution in [1.82, 2.24) is 0 Å². The van der Waals surface area contributed by atoms with Crippen LogP contribution in [-0.2, 0) is 0 Å². The summed E-state index contributed by atoms with van der Waals surface area (Å²) in [6.45, 7) is 1.73. The van der Waals surface area contributed by atoms with E-state index < -0.39 is 0 Å². The average Bonchev–Trinajstić information content (AvgIpc) is 2.82. The molecule has 1 aliphatic heterocycles. The molecule has 0 radical (unpaired) electrons. The highest BCUT2D eigenvalue weighted by Gasteiger charge is 2.35. The Bertz CT molecular complexity index is 1210. The smallest absolute Gasteiger partial charge is 0.196 e. The minimum atomic E-state index is -0.205. The monoisotopic (exact) mass is 411 g/mol. The van der Waals surface area contributed by atoms with Gasteiger partial charge in [0.2, 0.25) is 0 Å². The molecule has 0 bridgehead atoms. The van der Waals surface area contributed by atoms with Crippen molar-refractivity contribution in [2.24, 2.45) is 10.2 Å². The second-order valence-corrected chi connectivity index (χ2v) is 7.82. The second kappa shape index (κ2) is 7.80. The van der Waals surface area contributed by atoms with Gasteiger partial charge in [-0.15, -0.1) is 5.11 Å². The van der Waals surface area contributed by atoms with E-state index in [1.54, 1.807) is 42.5 Å². The van der Waals surface area contributed by atoms with E-state index in [1.807, 2.05) is 6.07 Å². The van der Waals surface area contributed by atoms with Crippen LogP contribution in [-0.4, -0.2) is 29.8 Å². The molecule has 0 saturated carbocycles. The number of azo groups is 1. The normalized spacial score (nSPS) is 15.8. The molecule has 31 heavy (non-hydrogen) atoms. The molecule has 3 aromatic rings. The lowest BCUT2D eigenvalue weighted by Crippen LogP contribution is -2.32. The number of ketones is 2. The maximum absolute atomic E-state index is 13.5. The van der Waals surface area contributed by atoms with Gasteiger partial charge in [-0.25, -0.2) is 0 Å². The number of carbonyl (C=O) groups is 2. The molecule has 1 aliphatic carbocycles. The van der Waals surface area contributed by atoms with Crippen molar-refractivity contribution in [1.29, 1.82) is 0 Å². The van der Waals surface area contributed by atoms with Crippen LogP contribution >= 0.6 is 0 Å². The third-order valence-corrected chi connectivity index (χ3v) is 5.85. The van der Waals surface area contributed by atoms with Crippen LogP contribution < -0.4 is 4.90 Å². The molecule has 0 aromatic heterocycles. The molecule has 2 aliphatic rings. The predicted octanol–water partition coefficient (Wildman–Crippen LogP) is 5.57. The highest BCUT2D eigenvalue weighted by molar-refractivity contribution is 6.31. The SMILES string of the molecule is O=C1c2ccccc2C(=O)c2c(N3CCCCC3)ccc(N=Nc3ccc(O)cc3)c21. The van der Waals surface area contributed by atoms with Gasteiger partial charge >= 0.3 is 0 Å². The number of carbonyl (C=O) groups excluding carboxylic acids is 2. The average molecular weight is 411 g/mol. The number of aromatic hydroxyl groups is 1. The van der Waals surface area contributed by atoms with Crippen molar-refractivity contribution in [3.63, 3.8) is 0 Å². The molecular formula is C25H21N3O3. The topological polar surface area (TPSA) is 82.3 Å². The molecule has 1 N–H and O–H groups in total. The Morgan fingerprint density at radius 3 is 2.03 bits per heavy atom. The quantitative estimate of drug-likeness (QED) is 0.447. The fourth-order valence-electron chi connectivity index (χ4n) is 4.30. The summed E-state index contributed by atoms with van der Waals surface area (Å²) in [5.74, 6) is -0.212. The van der Waals surface area contributed by atoms with Crippen molar-refractivity contribution in [3.05, 3.63) is 82.9 Å². The lowest BCUT2D eigenvalue weighted by molar-refractivity contribution is 0.0980. The Labute approximate surface area is 179 Å². The van der Waals surface area contributed by atoms with Crippen LogP contribution in [0.5, 0.6) is 5.75 Å². The fraction of sp³-hybridized carbons (Fsp3) is 0.200. The Kier molecular flexibility index (Phi) is 4.82. The zero-order valence-electron chi connectivity index (χ0n) is 16.9. The first-order chi connectivity index (χ1) is 15.1. The maximum Gasteiger partial charge on any atom is 0.196 e. The van der Waals surface area contributed by atoms with E-state index in [2.05, 4.69) is 15.1 Å². The van der Waals surface area contributed by atoms with Crippen molar-refractivity contribution < 1.29 is 14.7 Å². The number of nitrogens with zero attached hydrogens (tertiary/aromatic N) is 3. The Morgan fingerprint density at radius 2 is 1.35 bits per heavy atom. The molecule has 5 rings (SSSR count). The van der Waals surface area contributed by atoms with Gasteiger partial charge in [0.25, 0.3) is 0 Å².